The van der Waals surface area contributed by atoms with E-state index in [9.17, 15) is 18.3 Å². The molecular weight excluding hydrogens is 313 g/mol. The largest absolute Gasteiger partial charge is 0.427 e. The molecule has 1 aliphatic rings. The highest BCUT2D eigenvalue weighted by Gasteiger charge is 2.40. The van der Waals surface area contributed by atoms with Gasteiger partial charge < -0.3 is 5.11 Å². The average molecular weight is 332 g/mol. The number of imidazole rings is 1. The van der Waals surface area contributed by atoms with Crippen molar-refractivity contribution in [2.24, 2.45) is 11.3 Å². The fourth-order valence-electron chi connectivity index (χ4n) is 3.53. The molecule has 22 heavy (non-hydrogen) atoms. The van der Waals surface area contributed by atoms with E-state index in [4.69, 9.17) is 0 Å². The molecule has 3 nitrogen and oxygen atoms in total. The minimum absolute atomic E-state index is 0.0605. The molecule has 2 aromatic heterocycles. The zero-order chi connectivity index (χ0) is 16.1. The normalized spacial score (nSPS) is 23.3. The summed E-state index contributed by atoms with van der Waals surface area (Å²) < 4.78 is 41.1. The van der Waals surface area contributed by atoms with E-state index in [0.717, 1.165) is 19.3 Å². The summed E-state index contributed by atoms with van der Waals surface area (Å²) >= 11 is 0.639. The Morgan fingerprint density at radius 3 is 2.82 bits per heavy atom. The molecule has 0 aliphatic heterocycles. The minimum atomic E-state index is -4.45. The Morgan fingerprint density at radius 2 is 2.23 bits per heavy atom. The van der Waals surface area contributed by atoms with E-state index in [2.05, 4.69) is 18.8 Å². The van der Waals surface area contributed by atoms with Gasteiger partial charge in [-0.1, -0.05) is 13.8 Å². The first-order valence-corrected chi connectivity index (χ1v) is 8.19. The molecule has 2 atom stereocenters. The third-order valence-corrected chi connectivity index (χ3v) is 5.66. The number of halogens is 3. The lowest BCUT2D eigenvalue weighted by molar-refractivity contribution is -0.136. The highest BCUT2D eigenvalue weighted by atomic mass is 32.1. The van der Waals surface area contributed by atoms with Crippen LogP contribution >= 0.6 is 11.3 Å². The van der Waals surface area contributed by atoms with Crippen LogP contribution in [-0.2, 0) is 6.18 Å². The van der Waals surface area contributed by atoms with Crippen molar-refractivity contribution in [2.75, 3.05) is 0 Å². The van der Waals surface area contributed by atoms with Crippen LogP contribution in [-0.4, -0.2) is 14.5 Å². The summed E-state index contributed by atoms with van der Waals surface area (Å²) in [5.41, 5.74) is 0.158. The van der Waals surface area contributed by atoms with Crippen LogP contribution in [0.2, 0.25) is 0 Å². The highest BCUT2D eigenvalue weighted by Crippen LogP contribution is 2.46. The van der Waals surface area contributed by atoms with E-state index in [1.807, 2.05) is 0 Å². The van der Waals surface area contributed by atoms with Gasteiger partial charge in [-0.15, -0.1) is 11.3 Å². The lowest BCUT2D eigenvalue weighted by Crippen LogP contribution is -2.14. The van der Waals surface area contributed by atoms with Gasteiger partial charge in [-0.25, -0.2) is 4.98 Å². The average Bonchev–Trinajstić information content (AvgIpc) is 3.00. The molecule has 0 radical (unpaired) electrons. The molecule has 7 heteroatoms. The Bertz CT molecular complexity index is 674. The predicted octanol–water partition coefficient (Wildman–Crippen LogP) is 4.66. The van der Waals surface area contributed by atoms with Crippen LogP contribution in [0.15, 0.2) is 12.5 Å². The summed E-state index contributed by atoms with van der Waals surface area (Å²) in [5.74, 6) is 0.268. The second-order valence-electron chi connectivity index (χ2n) is 6.94. The molecule has 1 N–H and O–H groups in total. The van der Waals surface area contributed by atoms with Crippen molar-refractivity contribution in [3.05, 3.63) is 23.1 Å². The summed E-state index contributed by atoms with van der Waals surface area (Å²) in [5, 5.41) is 10.5. The Labute approximate surface area is 130 Å². The van der Waals surface area contributed by atoms with E-state index >= 15 is 0 Å². The van der Waals surface area contributed by atoms with E-state index in [0.29, 0.717) is 22.6 Å². The van der Waals surface area contributed by atoms with E-state index in [1.54, 1.807) is 0 Å². The molecular formula is C15H19F3N2OS. The van der Waals surface area contributed by atoms with Crippen molar-refractivity contribution >= 4 is 16.2 Å². The second-order valence-corrected chi connectivity index (χ2v) is 7.97. The van der Waals surface area contributed by atoms with Crippen molar-refractivity contribution in [3.63, 3.8) is 0 Å². The molecule has 0 aromatic carbocycles. The van der Waals surface area contributed by atoms with Crippen LogP contribution in [0.1, 0.15) is 56.2 Å². The third-order valence-electron chi connectivity index (χ3n) is 4.50. The molecule has 2 heterocycles. The maximum absolute atomic E-state index is 13.2. The summed E-state index contributed by atoms with van der Waals surface area (Å²) in [4.78, 5) is 3.57. The van der Waals surface area contributed by atoms with Crippen LogP contribution in [0.4, 0.5) is 13.2 Å². The first-order valence-electron chi connectivity index (χ1n) is 7.37. The minimum Gasteiger partial charge on any atom is -0.387 e. The van der Waals surface area contributed by atoms with Crippen LogP contribution in [0.5, 0.6) is 0 Å². The first-order chi connectivity index (χ1) is 10.2. The van der Waals surface area contributed by atoms with Gasteiger partial charge in [0.25, 0.3) is 0 Å². The summed E-state index contributed by atoms with van der Waals surface area (Å²) in [6.45, 7) is 4.33. The van der Waals surface area contributed by atoms with E-state index in [1.165, 1.54) is 16.9 Å². The molecule has 122 valence electrons. The van der Waals surface area contributed by atoms with Gasteiger partial charge in [0.15, 0.2) is 0 Å². The van der Waals surface area contributed by atoms with Crippen molar-refractivity contribution < 1.29 is 18.3 Å². The number of rotatable bonds is 3. The summed E-state index contributed by atoms with van der Waals surface area (Å²) in [6, 6.07) is 0. The van der Waals surface area contributed by atoms with Crippen LogP contribution in [0.25, 0.3) is 4.83 Å². The zero-order valence-electron chi connectivity index (χ0n) is 12.5. The number of aromatic nitrogens is 2. The molecule has 1 fully saturated rings. The quantitative estimate of drug-likeness (QED) is 0.887. The number of aliphatic hydroxyl groups is 1. The summed E-state index contributed by atoms with van der Waals surface area (Å²) in [6.07, 6.45) is 0.517. The Morgan fingerprint density at radius 1 is 1.50 bits per heavy atom. The molecule has 2 unspecified atom stereocenters. The molecule has 0 amide bonds. The van der Waals surface area contributed by atoms with Crippen molar-refractivity contribution in [1.82, 2.24) is 9.38 Å². The first kappa shape index (κ1) is 15.8. The fraction of sp³-hybridized carbons (Fsp3) is 0.667. The van der Waals surface area contributed by atoms with Gasteiger partial charge in [-0.05, 0) is 37.0 Å². The molecule has 3 rings (SSSR count). The van der Waals surface area contributed by atoms with Gasteiger partial charge in [0.2, 0.25) is 0 Å². The standard InChI is InChI=1S/C15H19F3N2OS/c1-14(2)4-3-9(6-14)5-10(21)12-13(15(16,17)18)22-11-7-19-8-20(11)12/h7-10,21H,3-6H2,1-2H3. The SMILES string of the molecule is CC1(C)CCC(CC(O)c2c(C(F)(F)F)sc3cncn23)C1. The predicted molar refractivity (Wildman–Crippen MR) is 78.8 cm³/mol. The maximum Gasteiger partial charge on any atom is 0.427 e. The number of nitrogens with zero attached hydrogens (tertiary/aromatic N) is 2. The highest BCUT2D eigenvalue weighted by molar-refractivity contribution is 7.17. The molecule has 1 aliphatic carbocycles. The maximum atomic E-state index is 13.2. The third kappa shape index (κ3) is 2.88. The molecule has 0 spiro atoms. The van der Waals surface area contributed by atoms with Crippen LogP contribution in [0, 0.1) is 11.3 Å². The van der Waals surface area contributed by atoms with Gasteiger partial charge in [0, 0.05) is 0 Å². The van der Waals surface area contributed by atoms with Crippen LogP contribution in [0.3, 0.4) is 0 Å². The molecule has 2 aromatic rings. The van der Waals surface area contributed by atoms with Crippen molar-refractivity contribution in [3.8, 4) is 0 Å². The number of fused-ring (bicyclic) bond motifs is 1. The lowest BCUT2D eigenvalue weighted by atomic mass is 9.89. The monoisotopic (exact) mass is 332 g/mol. The Kier molecular flexibility index (Phi) is 3.76. The lowest BCUT2D eigenvalue weighted by Gasteiger charge is -2.20. The number of hydrogen-bond acceptors (Lipinski definition) is 3. The Hall–Kier alpha value is -1.08. The molecule has 0 saturated heterocycles. The number of alkyl halides is 3. The van der Waals surface area contributed by atoms with Crippen molar-refractivity contribution in [2.45, 2.75) is 51.8 Å². The topological polar surface area (TPSA) is 37.5 Å². The van der Waals surface area contributed by atoms with Gasteiger partial charge in [0.05, 0.1) is 18.0 Å². The molecule has 1 saturated carbocycles. The fourth-order valence-corrected chi connectivity index (χ4v) is 4.55. The van der Waals surface area contributed by atoms with Crippen molar-refractivity contribution in [1.29, 1.82) is 0 Å². The van der Waals surface area contributed by atoms with E-state index in [-0.39, 0.29) is 17.0 Å². The zero-order valence-corrected chi connectivity index (χ0v) is 13.3. The number of aliphatic hydroxyl groups excluding tert-OH is 1. The molecule has 0 bridgehead atoms. The van der Waals surface area contributed by atoms with Gasteiger partial charge in [0.1, 0.15) is 16.0 Å². The summed E-state index contributed by atoms with van der Waals surface area (Å²) in [7, 11) is 0. The number of hydrogen-bond donors (Lipinski definition) is 1. The second kappa shape index (κ2) is 5.23. The van der Waals surface area contributed by atoms with Gasteiger partial charge in [-0.3, -0.25) is 4.40 Å². The van der Waals surface area contributed by atoms with E-state index < -0.39 is 17.2 Å². The number of thiazole rings is 1. The van der Waals surface area contributed by atoms with Crippen LogP contribution < -0.4 is 0 Å². The van der Waals surface area contributed by atoms with Gasteiger partial charge in [-0.2, -0.15) is 13.2 Å². The Balaban J connectivity index is 1.90. The van der Waals surface area contributed by atoms with Gasteiger partial charge >= 0.3 is 6.18 Å². The smallest absolute Gasteiger partial charge is 0.387 e.